The van der Waals surface area contributed by atoms with E-state index in [1.807, 2.05) is 0 Å². The largest absolute Gasteiger partial charge is 0.443 e. The van der Waals surface area contributed by atoms with E-state index in [2.05, 4.69) is 46.3 Å². The zero-order chi connectivity index (χ0) is 21.7. The van der Waals surface area contributed by atoms with Crippen LogP contribution in [0.1, 0.15) is 50.8 Å². The fourth-order valence-electron chi connectivity index (χ4n) is 3.49. The van der Waals surface area contributed by atoms with E-state index in [4.69, 9.17) is 16.0 Å². The predicted octanol–water partition coefficient (Wildman–Crippen LogP) is 4.09. The second-order valence-corrected chi connectivity index (χ2v) is 9.16. The summed E-state index contributed by atoms with van der Waals surface area (Å²) in [7, 11) is 1.75. The van der Waals surface area contributed by atoms with Gasteiger partial charge in [0.05, 0.1) is 12.7 Å². The van der Waals surface area contributed by atoms with E-state index in [1.54, 1.807) is 19.3 Å². The van der Waals surface area contributed by atoms with E-state index < -0.39 is 0 Å². The summed E-state index contributed by atoms with van der Waals surface area (Å²) in [6.45, 7) is 9.31. The predicted molar refractivity (Wildman–Crippen MR) is 118 cm³/mol. The van der Waals surface area contributed by atoms with E-state index in [0.717, 1.165) is 43.2 Å². The van der Waals surface area contributed by atoms with Crippen LogP contribution in [0.2, 0.25) is 5.02 Å². The molecule has 2 heterocycles. The lowest BCUT2D eigenvalue weighted by molar-refractivity contribution is 0.192. The Morgan fingerprint density at radius 3 is 2.87 bits per heavy atom. The number of hydrogen-bond donors (Lipinski definition) is 2. The molecule has 1 fully saturated rings. The highest BCUT2D eigenvalue weighted by Gasteiger charge is 2.22. The van der Waals surface area contributed by atoms with Crippen LogP contribution in [-0.4, -0.2) is 42.0 Å². The molecule has 1 aliphatic heterocycles. The summed E-state index contributed by atoms with van der Waals surface area (Å²) in [4.78, 5) is 11.0. The second-order valence-electron chi connectivity index (χ2n) is 8.75. The second kappa shape index (κ2) is 9.79. The van der Waals surface area contributed by atoms with Gasteiger partial charge in [-0.2, -0.15) is 0 Å². The molecule has 0 amide bonds. The molecule has 164 valence electrons. The van der Waals surface area contributed by atoms with E-state index in [0.29, 0.717) is 24.0 Å². The number of piperidine rings is 1. The van der Waals surface area contributed by atoms with Crippen LogP contribution in [0.3, 0.4) is 0 Å². The maximum atomic E-state index is 13.3. The summed E-state index contributed by atoms with van der Waals surface area (Å²) in [6, 6.07) is 4.85. The van der Waals surface area contributed by atoms with E-state index in [1.165, 1.54) is 12.1 Å². The molecule has 2 N–H and O–H groups in total. The number of likely N-dealkylation sites (tertiary alicyclic amines) is 1. The first kappa shape index (κ1) is 22.6. The summed E-state index contributed by atoms with van der Waals surface area (Å²) in [5, 5.41) is 7.24. The maximum absolute atomic E-state index is 13.3. The Balaban J connectivity index is 1.52. The van der Waals surface area contributed by atoms with Gasteiger partial charge in [-0.25, -0.2) is 9.37 Å². The van der Waals surface area contributed by atoms with Crippen molar-refractivity contribution in [2.45, 2.75) is 58.2 Å². The number of hydrogen-bond acceptors (Lipinski definition) is 4. The zero-order valence-corrected chi connectivity index (χ0v) is 18.9. The van der Waals surface area contributed by atoms with Gasteiger partial charge in [-0.1, -0.05) is 38.4 Å². The van der Waals surface area contributed by atoms with Gasteiger partial charge < -0.3 is 15.1 Å². The first-order valence-electron chi connectivity index (χ1n) is 10.3. The van der Waals surface area contributed by atoms with Gasteiger partial charge in [0, 0.05) is 36.6 Å². The van der Waals surface area contributed by atoms with Crippen molar-refractivity contribution in [3.8, 4) is 0 Å². The zero-order valence-electron chi connectivity index (χ0n) is 18.1. The maximum Gasteiger partial charge on any atom is 0.213 e. The molecular formula is C22H31ClFN5O. The molecule has 1 saturated heterocycles. The molecule has 1 aliphatic rings. The van der Waals surface area contributed by atoms with E-state index in [9.17, 15) is 4.39 Å². The summed E-state index contributed by atoms with van der Waals surface area (Å²) < 4.78 is 19.1. The SMILES string of the molecule is CN=C(NCc1ncc(C(C)(C)C)o1)NC1CCCN(Cc2ccc(F)cc2Cl)C1. The molecule has 30 heavy (non-hydrogen) atoms. The van der Waals surface area contributed by atoms with Gasteiger partial charge in [-0.05, 0) is 37.1 Å². The number of rotatable bonds is 5. The van der Waals surface area contributed by atoms with Crippen molar-refractivity contribution >= 4 is 17.6 Å². The summed E-state index contributed by atoms with van der Waals surface area (Å²) in [6.07, 6.45) is 3.91. The van der Waals surface area contributed by atoms with Crippen molar-refractivity contribution in [3.05, 3.63) is 52.5 Å². The van der Waals surface area contributed by atoms with Gasteiger partial charge in [-0.3, -0.25) is 9.89 Å². The molecule has 1 aromatic carbocycles. The first-order valence-corrected chi connectivity index (χ1v) is 10.7. The third-order valence-electron chi connectivity index (χ3n) is 5.18. The number of aliphatic imine (C=N–C) groups is 1. The molecular weight excluding hydrogens is 405 g/mol. The lowest BCUT2D eigenvalue weighted by atomic mass is 9.94. The third-order valence-corrected chi connectivity index (χ3v) is 5.53. The molecule has 0 saturated carbocycles. The molecule has 0 radical (unpaired) electrons. The van der Waals surface area contributed by atoms with Crippen molar-refractivity contribution in [1.82, 2.24) is 20.5 Å². The summed E-state index contributed by atoms with van der Waals surface area (Å²) >= 11 is 6.19. The van der Waals surface area contributed by atoms with Crippen LogP contribution < -0.4 is 10.6 Å². The molecule has 6 nitrogen and oxygen atoms in total. The number of halogens is 2. The van der Waals surface area contributed by atoms with Gasteiger partial charge >= 0.3 is 0 Å². The Morgan fingerprint density at radius 2 is 2.20 bits per heavy atom. The van der Waals surface area contributed by atoms with Crippen LogP contribution in [0.5, 0.6) is 0 Å². The highest BCUT2D eigenvalue weighted by Crippen LogP contribution is 2.23. The first-order chi connectivity index (χ1) is 14.2. The Labute approximate surface area is 182 Å². The van der Waals surface area contributed by atoms with Crippen molar-refractivity contribution < 1.29 is 8.81 Å². The molecule has 3 rings (SSSR count). The monoisotopic (exact) mass is 435 g/mol. The highest BCUT2D eigenvalue weighted by molar-refractivity contribution is 6.31. The van der Waals surface area contributed by atoms with Crippen molar-refractivity contribution in [2.24, 2.45) is 4.99 Å². The van der Waals surface area contributed by atoms with Gasteiger partial charge in [0.1, 0.15) is 11.6 Å². The number of nitrogens with one attached hydrogen (secondary N) is 2. The van der Waals surface area contributed by atoms with Gasteiger partial charge in [0.15, 0.2) is 5.96 Å². The number of oxazole rings is 1. The minimum atomic E-state index is -0.308. The smallest absolute Gasteiger partial charge is 0.213 e. The molecule has 8 heteroatoms. The van der Waals surface area contributed by atoms with Crippen LogP contribution in [-0.2, 0) is 18.5 Å². The quantitative estimate of drug-likeness (QED) is 0.547. The molecule has 0 spiro atoms. The lowest BCUT2D eigenvalue weighted by Gasteiger charge is -2.34. The number of guanidine groups is 1. The molecule has 0 aliphatic carbocycles. The average Bonchev–Trinajstić information content (AvgIpc) is 3.17. The van der Waals surface area contributed by atoms with Gasteiger partial charge in [0.2, 0.25) is 5.89 Å². The molecule has 1 atom stereocenters. The van der Waals surface area contributed by atoms with Crippen LogP contribution >= 0.6 is 11.6 Å². The minimum absolute atomic E-state index is 0.0653. The van der Waals surface area contributed by atoms with Crippen molar-refractivity contribution in [1.29, 1.82) is 0 Å². The highest BCUT2D eigenvalue weighted by atomic mass is 35.5. The van der Waals surface area contributed by atoms with Gasteiger partial charge in [-0.15, -0.1) is 0 Å². The Kier molecular flexibility index (Phi) is 7.36. The molecule has 1 unspecified atom stereocenters. The fourth-order valence-corrected chi connectivity index (χ4v) is 3.72. The number of aromatic nitrogens is 1. The summed E-state index contributed by atoms with van der Waals surface area (Å²) in [5.74, 6) is 1.92. The summed E-state index contributed by atoms with van der Waals surface area (Å²) in [5.41, 5.74) is 0.879. The lowest BCUT2D eigenvalue weighted by Crippen LogP contribution is -2.50. The minimum Gasteiger partial charge on any atom is -0.443 e. The normalized spacial score (nSPS) is 18.5. The van der Waals surface area contributed by atoms with E-state index >= 15 is 0 Å². The van der Waals surface area contributed by atoms with Crippen molar-refractivity contribution in [3.63, 3.8) is 0 Å². The topological polar surface area (TPSA) is 65.7 Å². The van der Waals surface area contributed by atoms with Crippen LogP contribution in [0.4, 0.5) is 4.39 Å². The van der Waals surface area contributed by atoms with Gasteiger partial charge in [0.25, 0.3) is 0 Å². The van der Waals surface area contributed by atoms with E-state index in [-0.39, 0.29) is 17.3 Å². The fraction of sp³-hybridized carbons (Fsp3) is 0.545. The Bertz CT molecular complexity index is 877. The van der Waals surface area contributed by atoms with Crippen LogP contribution in [0.25, 0.3) is 0 Å². The third kappa shape index (κ3) is 6.19. The number of nitrogens with zero attached hydrogens (tertiary/aromatic N) is 3. The average molecular weight is 436 g/mol. The van der Waals surface area contributed by atoms with Crippen LogP contribution in [0.15, 0.2) is 33.8 Å². The Morgan fingerprint density at radius 1 is 1.40 bits per heavy atom. The molecule has 1 aromatic heterocycles. The molecule has 2 aromatic rings. The van der Waals surface area contributed by atoms with Crippen molar-refractivity contribution in [2.75, 3.05) is 20.1 Å². The Hall–Kier alpha value is -2.12. The number of benzene rings is 1. The standard InChI is InChI=1S/C22H31ClFN5O/c1-22(2,3)19-11-26-20(30-19)12-27-21(25-4)28-17-6-5-9-29(14-17)13-15-7-8-16(24)10-18(15)23/h7-8,10-11,17H,5-6,9,12-14H2,1-4H3,(H2,25,27,28). The van der Waals surface area contributed by atoms with Crippen LogP contribution in [0, 0.1) is 5.82 Å². The molecule has 0 bridgehead atoms.